The Morgan fingerprint density at radius 3 is 1.50 bits per heavy atom. The second kappa shape index (κ2) is 37.4. The fourth-order valence-electron chi connectivity index (χ4n) is 7.53. The number of phosphoric acid groups is 1. The summed E-state index contributed by atoms with van der Waals surface area (Å²) in [4.78, 5) is 35.8. The molecule has 15 heteroatoms. The second-order valence-electron chi connectivity index (χ2n) is 17.7. The van der Waals surface area contributed by atoms with E-state index < -0.39 is 75.7 Å². The highest BCUT2D eigenvalue weighted by molar-refractivity contribution is 7.47. The molecular formula is C51H87O14P. The molecular weight excluding hydrogens is 868 g/mol. The molecule has 0 bridgehead atoms. The fraction of sp³-hybridized carbons (Fsp3) is 0.765. The van der Waals surface area contributed by atoms with Crippen molar-refractivity contribution in [1.29, 1.82) is 0 Å². The van der Waals surface area contributed by atoms with E-state index in [2.05, 4.69) is 62.5 Å². The second-order valence-corrected chi connectivity index (χ2v) is 19.1. The number of allylic oxidation sites excluding steroid dienone is 8. The number of hydrogen-bond acceptors (Lipinski definition) is 13. The van der Waals surface area contributed by atoms with Crippen LogP contribution in [0.2, 0.25) is 0 Å². The van der Waals surface area contributed by atoms with E-state index in [1.807, 2.05) is 12.2 Å². The first-order chi connectivity index (χ1) is 31.9. The van der Waals surface area contributed by atoms with Crippen LogP contribution in [0.15, 0.2) is 60.8 Å². The van der Waals surface area contributed by atoms with Crippen molar-refractivity contribution in [3.05, 3.63) is 60.8 Å². The third kappa shape index (κ3) is 28.7. The molecule has 66 heavy (non-hydrogen) atoms. The first kappa shape index (κ1) is 59.6. The average molecular weight is 955 g/mol. The Kier molecular flexibility index (Phi) is 33.8. The third-order valence-corrected chi connectivity index (χ3v) is 12.7. The smallest absolute Gasteiger partial charge is 0.462 e. The minimum atomic E-state index is -5.14. The summed E-state index contributed by atoms with van der Waals surface area (Å²) in [5, 5.41) is 50.3. The maximum absolute atomic E-state index is 12.8. The van der Waals surface area contributed by atoms with Gasteiger partial charge in [-0.2, -0.15) is 0 Å². The molecule has 2 aliphatic rings. The lowest BCUT2D eigenvalue weighted by atomic mass is 9.85. The van der Waals surface area contributed by atoms with Crippen molar-refractivity contribution >= 4 is 19.8 Å². The zero-order valence-electron chi connectivity index (χ0n) is 40.2. The number of aliphatic hydroxyl groups excluding tert-OH is 5. The molecule has 2 rings (SSSR count). The highest BCUT2D eigenvalue weighted by Gasteiger charge is 2.51. The van der Waals surface area contributed by atoms with E-state index in [4.69, 9.17) is 23.3 Å². The SMILES string of the molecule is CCCCC/C=C\C/C=C\CCCCCCCCCCCC(=O)OC[C@H](COP(=O)(O)OC1[C@H](O)[C@H](O)C(O)[C@H](O)[C@H]1O)OC(=O)CCC/C=C\C/C=C\CC1OC1C/C=C\CCCCC. The van der Waals surface area contributed by atoms with Crippen LogP contribution in [-0.2, 0) is 37.4 Å². The zero-order valence-corrected chi connectivity index (χ0v) is 41.1. The molecule has 0 aromatic rings. The van der Waals surface area contributed by atoms with E-state index in [0.29, 0.717) is 25.4 Å². The van der Waals surface area contributed by atoms with E-state index in [1.165, 1.54) is 70.6 Å². The molecule has 1 aliphatic heterocycles. The Balaban J connectivity index is 1.70. The molecule has 1 saturated carbocycles. The van der Waals surface area contributed by atoms with Crippen molar-refractivity contribution in [2.24, 2.45) is 0 Å². The van der Waals surface area contributed by atoms with Crippen LogP contribution in [0.5, 0.6) is 0 Å². The van der Waals surface area contributed by atoms with Crippen LogP contribution in [0, 0.1) is 0 Å². The molecule has 0 aromatic carbocycles. The van der Waals surface area contributed by atoms with Crippen LogP contribution in [0.4, 0.5) is 0 Å². The lowest BCUT2D eigenvalue weighted by molar-refractivity contribution is -0.220. The summed E-state index contributed by atoms with van der Waals surface area (Å²) >= 11 is 0. The number of aliphatic hydroxyl groups is 5. The number of unbranched alkanes of at least 4 members (excludes halogenated alkanes) is 16. The van der Waals surface area contributed by atoms with E-state index in [-0.39, 0.29) is 18.9 Å². The Labute approximate surface area is 396 Å². The van der Waals surface area contributed by atoms with Crippen LogP contribution in [0.1, 0.15) is 181 Å². The van der Waals surface area contributed by atoms with Crippen LogP contribution < -0.4 is 0 Å². The number of ether oxygens (including phenoxy) is 3. The van der Waals surface area contributed by atoms with Crippen molar-refractivity contribution in [1.82, 2.24) is 0 Å². The van der Waals surface area contributed by atoms with Gasteiger partial charge in [0.1, 0.15) is 43.2 Å². The van der Waals surface area contributed by atoms with Gasteiger partial charge in [-0.15, -0.1) is 0 Å². The lowest BCUT2D eigenvalue weighted by Crippen LogP contribution is -2.64. The Morgan fingerprint density at radius 2 is 0.955 bits per heavy atom. The summed E-state index contributed by atoms with van der Waals surface area (Å²) in [6.45, 7) is 3.20. The number of epoxide rings is 1. The number of rotatable bonds is 40. The van der Waals surface area contributed by atoms with E-state index >= 15 is 0 Å². The predicted octanol–water partition coefficient (Wildman–Crippen LogP) is 9.49. The van der Waals surface area contributed by atoms with Gasteiger partial charge in [0.25, 0.3) is 0 Å². The molecule has 10 atom stereocenters. The van der Waals surface area contributed by atoms with Gasteiger partial charge in [-0.1, -0.05) is 145 Å². The first-order valence-electron chi connectivity index (χ1n) is 25.2. The van der Waals surface area contributed by atoms with Crippen molar-refractivity contribution < 1.29 is 67.8 Å². The van der Waals surface area contributed by atoms with Crippen molar-refractivity contribution in [3.63, 3.8) is 0 Å². The minimum absolute atomic E-state index is 0.0125. The van der Waals surface area contributed by atoms with Crippen LogP contribution in [0.25, 0.3) is 0 Å². The number of hydrogen-bond donors (Lipinski definition) is 6. The molecule has 1 aliphatic carbocycles. The molecule has 0 spiro atoms. The lowest BCUT2D eigenvalue weighted by Gasteiger charge is -2.41. The maximum Gasteiger partial charge on any atom is 0.472 e. The topological polar surface area (TPSA) is 222 Å². The van der Waals surface area contributed by atoms with Crippen molar-refractivity contribution in [3.8, 4) is 0 Å². The highest BCUT2D eigenvalue weighted by atomic mass is 31.2. The molecule has 14 nitrogen and oxygen atoms in total. The number of phosphoric ester groups is 1. The molecule has 1 saturated heterocycles. The Morgan fingerprint density at radius 1 is 0.530 bits per heavy atom. The predicted molar refractivity (Wildman–Crippen MR) is 257 cm³/mol. The van der Waals surface area contributed by atoms with E-state index in [0.717, 1.165) is 64.2 Å². The van der Waals surface area contributed by atoms with Gasteiger partial charge < -0.3 is 44.6 Å². The van der Waals surface area contributed by atoms with Crippen LogP contribution >= 0.6 is 7.82 Å². The van der Waals surface area contributed by atoms with Gasteiger partial charge in [0.2, 0.25) is 0 Å². The van der Waals surface area contributed by atoms with Gasteiger partial charge >= 0.3 is 19.8 Å². The molecule has 2 fully saturated rings. The van der Waals surface area contributed by atoms with E-state index in [1.54, 1.807) is 0 Å². The molecule has 380 valence electrons. The summed E-state index contributed by atoms with van der Waals surface area (Å²) in [6, 6.07) is 0. The molecule has 0 radical (unpaired) electrons. The molecule has 0 amide bonds. The van der Waals surface area contributed by atoms with Gasteiger partial charge in [0.05, 0.1) is 18.8 Å². The largest absolute Gasteiger partial charge is 0.472 e. The van der Waals surface area contributed by atoms with Gasteiger partial charge in [0.15, 0.2) is 6.10 Å². The first-order valence-corrected chi connectivity index (χ1v) is 26.7. The minimum Gasteiger partial charge on any atom is -0.462 e. The summed E-state index contributed by atoms with van der Waals surface area (Å²) in [7, 11) is -5.14. The van der Waals surface area contributed by atoms with Crippen molar-refractivity contribution in [2.75, 3.05) is 13.2 Å². The summed E-state index contributed by atoms with van der Waals surface area (Å²) < 4.78 is 39.3. The normalized spacial score (nSPS) is 24.8. The molecule has 0 aromatic heterocycles. The summed E-state index contributed by atoms with van der Waals surface area (Å²) in [5.74, 6) is -1.18. The molecule has 1 heterocycles. The molecule has 5 unspecified atom stereocenters. The Bertz CT molecular complexity index is 1450. The summed E-state index contributed by atoms with van der Waals surface area (Å²) in [6.07, 6.45) is 34.4. The van der Waals surface area contributed by atoms with Crippen LogP contribution in [0.3, 0.4) is 0 Å². The standard InChI is InChI=1S/C51H87O14P/c1-3-5-7-9-11-12-13-14-15-16-17-18-19-20-21-22-25-29-33-37-44(52)61-39-41(40-62-66(59,60)65-51-49(57)47(55)46(54)48(56)50(51)58)63-45(53)38-34-30-26-23-24-28-32-36-43-42(64-43)35-31-27-10-8-6-4-2/h11-12,14-15,23,26-28,31-32,41-43,46-51,54-58H,3-10,13,16-22,24-25,29-30,33-40H2,1-2H3,(H,59,60)/b12-11-,15-14-,26-23-,31-27-,32-28-/t41-,42?,43?,46?,47-,48+,49-,50-,51?/m1/s1. The fourth-order valence-corrected chi connectivity index (χ4v) is 8.50. The van der Waals surface area contributed by atoms with Gasteiger partial charge in [-0.3, -0.25) is 18.6 Å². The third-order valence-electron chi connectivity index (χ3n) is 11.7. The molecule has 6 N–H and O–H groups in total. The van der Waals surface area contributed by atoms with Gasteiger partial charge in [-0.25, -0.2) is 4.57 Å². The monoisotopic (exact) mass is 955 g/mol. The quantitative estimate of drug-likeness (QED) is 0.0111. The number of carbonyl (C=O) groups excluding carboxylic acids is 2. The maximum atomic E-state index is 12.8. The zero-order chi connectivity index (χ0) is 48.3. The van der Waals surface area contributed by atoms with Crippen molar-refractivity contribution in [2.45, 2.75) is 236 Å². The number of carbonyl (C=O) groups is 2. The van der Waals surface area contributed by atoms with E-state index in [9.17, 15) is 44.6 Å². The Hall–Kier alpha value is -2.49. The van der Waals surface area contributed by atoms with Gasteiger partial charge in [-0.05, 0) is 83.5 Å². The number of esters is 2. The summed E-state index contributed by atoms with van der Waals surface area (Å²) in [5.41, 5.74) is 0. The van der Waals surface area contributed by atoms with Gasteiger partial charge in [0, 0.05) is 12.8 Å². The average Bonchev–Trinajstić information content (AvgIpc) is 4.06. The van der Waals surface area contributed by atoms with Crippen LogP contribution in [-0.4, -0.2) is 111 Å². The highest BCUT2D eigenvalue weighted by Crippen LogP contribution is 2.47.